The van der Waals surface area contributed by atoms with Crippen molar-refractivity contribution in [2.24, 2.45) is 0 Å². The molecular formula is C11H16N4O3. The normalized spacial score (nSPS) is 11.4. The average molecular weight is 252 g/mol. The van der Waals surface area contributed by atoms with Crippen LogP contribution in [0.15, 0.2) is 24.3 Å². The Kier molecular flexibility index (Phi) is 4.91. The molecule has 0 heterocycles. The Labute approximate surface area is 105 Å². The van der Waals surface area contributed by atoms with Gasteiger partial charge in [0.25, 0.3) is 5.96 Å². The van der Waals surface area contributed by atoms with Crippen molar-refractivity contribution in [1.82, 2.24) is 10.7 Å². The first-order chi connectivity index (χ1) is 8.56. The molecule has 0 fully saturated rings. The molecule has 0 saturated heterocycles. The number of rotatable bonds is 5. The lowest BCUT2D eigenvalue weighted by molar-refractivity contribution is -0.525. The molecule has 1 aromatic rings. The van der Waals surface area contributed by atoms with E-state index in [1.807, 2.05) is 31.2 Å². The van der Waals surface area contributed by atoms with E-state index in [0.717, 1.165) is 5.56 Å². The van der Waals surface area contributed by atoms with E-state index in [1.165, 1.54) is 0 Å². The Morgan fingerprint density at radius 1 is 1.61 bits per heavy atom. The molecule has 7 heteroatoms. The number of nitrogens with zero attached hydrogens (tertiary/aromatic N) is 1. The van der Waals surface area contributed by atoms with Crippen LogP contribution in [-0.2, 0) is 0 Å². The van der Waals surface area contributed by atoms with Gasteiger partial charge < -0.3 is 10.1 Å². The predicted molar refractivity (Wildman–Crippen MR) is 67.0 cm³/mol. The van der Waals surface area contributed by atoms with Crippen LogP contribution in [0.1, 0.15) is 24.9 Å². The first kappa shape index (κ1) is 13.8. The summed E-state index contributed by atoms with van der Waals surface area (Å²) in [4.78, 5) is 10.2. The zero-order valence-electron chi connectivity index (χ0n) is 10.3. The van der Waals surface area contributed by atoms with Crippen molar-refractivity contribution in [3.63, 3.8) is 0 Å². The summed E-state index contributed by atoms with van der Waals surface area (Å²) < 4.78 is 5.11. The Balaban J connectivity index is 2.76. The van der Waals surface area contributed by atoms with E-state index in [-0.39, 0.29) is 12.0 Å². The zero-order chi connectivity index (χ0) is 13.5. The second kappa shape index (κ2) is 6.43. The Morgan fingerprint density at radius 2 is 2.33 bits per heavy atom. The fourth-order valence-electron chi connectivity index (χ4n) is 1.58. The number of methoxy groups -OCH3 is 1. The predicted octanol–water partition coefficient (Wildman–Crippen LogP) is 1.45. The summed E-state index contributed by atoms with van der Waals surface area (Å²) in [6.45, 7) is 1.93. The first-order valence-corrected chi connectivity index (χ1v) is 5.47. The average Bonchev–Trinajstić information content (AvgIpc) is 2.35. The van der Waals surface area contributed by atoms with E-state index in [2.05, 4.69) is 5.32 Å². The van der Waals surface area contributed by atoms with E-state index in [0.29, 0.717) is 12.2 Å². The van der Waals surface area contributed by atoms with Crippen molar-refractivity contribution in [1.29, 1.82) is 5.41 Å². The highest BCUT2D eigenvalue weighted by Crippen LogP contribution is 2.21. The van der Waals surface area contributed by atoms with E-state index < -0.39 is 5.03 Å². The molecule has 1 aromatic carbocycles. The van der Waals surface area contributed by atoms with Gasteiger partial charge >= 0.3 is 0 Å². The van der Waals surface area contributed by atoms with Crippen molar-refractivity contribution >= 4 is 5.96 Å². The molecule has 0 aliphatic carbocycles. The molecular weight excluding hydrogens is 236 g/mol. The highest BCUT2D eigenvalue weighted by atomic mass is 16.7. The maximum Gasteiger partial charge on any atom is 0.251 e. The molecule has 0 radical (unpaired) electrons. The van der Waals surface area contributed by atoms with Crippen LogP contribution in [0.4, 0.5) is 0 Å². The van der Waals surface area contributed by atoms with Crippen molar-refractivity contribution in [2.45, 2.75) is 19.4 Å². The molecule has 1 unspecified atom stereocenters. The van der Waals surface area contributed by atoms with Crippen LogP contribution >= 0.6 is 0 Å². The summed E-state index contributed by atoms with van der Waals surface area (Å²) >= 11 is 0. The number of nitrogens with one attached hydrogen (secondary N) is 3. The van der Waals surface area contributed by atoms with Crippen molar-refractivity contribution in [2.75, 3.05) is 7.11 Å². The minimum absolute atomic E-state index is 0.181. The Hall–Kier alpha value is -2.31. The molecule has 0 saturated carbocycles. The molecule has 3 N–H and O–H groups in total. The molecule has 98 valence electrons. The number of nitro groups is 1. The number of hydrazine groups is 1. The topological polar surface area (TPSA) is 100 Å². The van der Waals surface area contributed by atoms with Gasteiger partial charge in [0, 0.05) is 0 Å². The third-order valence-electron chi connectivity index (χ3n) is 2.43. The second-order valence-electron chi connectivity index (χ2n) is 3.63. The Bertz CT molecular complexity index is 436. The van der Waals surface area contributed by atoms with Crippen LogP contribution in [-0.4, -0.2) is 18.1 Å². The SMILES string of the molecule is CCC(NC(=N)N[N+](=O)[O-])c1cccc(OC)c1. The number of hydrogen-bond donors (Lipinski definition) is 3. The third-order valence-corrected chi connectivity index (χ3v) is 2.43. The lowest BCUT2D eigenvalue weighted by Crippen LogP contribution is -2.41. The second-order valence-corrected chi connectivity index (χ2v) is 3.63. The molecule has 0 aliphatic heterocycles. The molecule has 1 atom stereocenters. The van der Waals surface area contributed by atoms with Gasteiger partial charge in [-0.05, 0) is 24.1 Å². The van der Waals surface area contributed by atoms with Crippen LogP contribution < -0.4 is 15.5 Å². The maximum atomic E-state index is 10.2. The molecule has 0 aromatic heterocycles. The third kappa shape index (κ3) is 3.93. The number of benzene rings is 1. The molecule has 0 bridgehead atoms. The lowest BCUT2D eigenvalue weighted by atomic mass is 10.0. The minimum Gasteiger partial charge on any atom is -0.497 e. The highest BCUT2D eigenvalue weighted by Gasteiger charge is 2.13. The fourth-order valence-corrected chi connectivity index (χ4v) is 1.58. The van der Waals surface area contributed by atoms with Gasteiger partial charge in [0.2, 0.25) is 0 Å². The summed E-state index contributed by atoms with van der Waals surface area (Å²) in [5.74, 6) is 0.371. The van der Waals surface area contributed by atoms with Crippen LogP contribution in [0, 0.1) is 15.5 Å². The quantitative estimate of drug-likeness (QED) is 0.319. The van der Waals surface area contributed by atoms with E-state index in [9.17, 15) is 10.1 Å². The Morgan fingerprint density at radius 3 is 2.89 bits per heavy atom. The van der Waals surface area contributed by atoms with Gasteiger partial charge in [-0.3, -0.25) is 5.41 Å². The van der Waals surface area contributed by atoms with Gasteiger partial charge in [-0.15, -0.1) is 0 Å². The molecule has 0 aliphatic rings. The number of guanidine groups is 1. The van der Waals surface area contributed by atoms with Gasteiger partial charge in [0.15, 0.2) is 5.03 Å². The van der Waals surface area contributed by atoms with Gasteiger partial charge in [-0.2, -0.15) is 0 Å². The summed E-state index contributed by atoms with van der Waals surface area (Å²) in [7, 11) is 1.57. The summed E-state index contributed by atoms with van der Waals surface area (Å²) in [6.07, 6.45) is 0.689. The minimum atomic E-state index is -0.770. The van der Waals surface area contributed by atoms with E-state index in [1.54, 1.807) is 12.5 Å². The number of hydrogen-bond acceptors (Lipinski definition) is 4. The number of ether oxygens (including phenoxy) is 1. The zero-order valence-corrected chi connectivity index (χ0v) is 10.3. The van der Waals surface area contributed by atoms with Crippen LogP contribution in [0.5, 0.6) is 5.75 Å². The van der Waals surface area contributed by atoms with Crippen molar-refractivity contribution < 1.29 is 9.77 Å². The first-order valence-electron chi connectivity index (χ1n) is 5.47. The smallest absolute Gasteiger partial charge is 0.251 e. The highest BCUT2D eigenvalue weighted by molar-refractivity contribution is 5.75. The summed E-state index contributed by atoms with van der Waals surface area (Å²) in [5, 5.41) is 19.6. The molecule has 7 nitrogen and oxygen atoms in total. The molecule has 0 spiro atoms. The largest absolute Gasteiger partial charge is 0.497 e. The van der Waals surface area contributed by atoms with Crippen LogP contribution in [0.25, 0.3) is 0 Å². The van der Waals surface area contributed by atoms with Crippen molar-refractivity contribution in [3.8, 4) is 5.75 Å². The standard InChI is InChI=1S/C11H16N4O3/c1-3-10(13-11(12)14-15(16)17)8-5-4-6-9(7-8)18-2/h4-7,10H,3H2,1-2H3,(H3,12,13,14). The molecule has 1 rings (SSSR count). The van der Waals surface area contributed by atoms with Crippen LogP contribution in [0.2, 0.25) is 0 Å². The van der Waals surface area contributed by atoms with E-state index in [4.69, 9.17) is 10.1 Å². The van der Waals surface area contributed by atoms with Gasteiger partial charge in [0.05, 0.1) is 13.2 Å². The lowest BCUT2D eigenvalue weighted by Gasteiger charge is -2.18. The van der Waals surface area contributed by atoms with E-state index >= 15 is 0 Å². The van der Waals surface area contributed by atoms with Gasteiger partial charge in [-0.1, -0.05) is 24.5 Å². The van der Waals surface area contributed by atoms with Crippen LogP contribution in [0.3, 0.4) is 0 Å². The fraction of sp³-hybridized carbons (Fsp3) is 0.364. The summed E-state index contributed by atoms with van der Waals surface area (Å²) in [6, 6.07) is 7.18. The van der Waals surface area contributed by atoms with Gasteiger partial charge in [0.1, 0.15) is 5.75 Å². The molecule has 0 amide bonds. The van der Waals surface area contributed by atoms with Gasteiger partial charge in [-0.25, -0.2) is 10.1 Å². The van der Waals surface area contributed by atoms with Crippen molar-refractivity contribution in [3.05, 3.63) is 39.9 Å². The monoisotopic (exact) mass is 252 g/mol. The maximum absolute atomic E-state index is 10.2. The molecule has 18 heavy (non-hydrogen) atoms. The summed E-state index contributed by atoms with van der Waals surface area (Å²) in [5.41, 5.74) is 2.68.